The van der Waals surface area contributed by atoms with Gasteiger partial charge in [-0.1, -0.05) is 19.1 Å². The zero-order valence-corrected chi connectivity index (χ0v) is 17.3. The zero-order valence-electron chi connectivity index (χ0n) is 16.5. The van der Waals surface area contributed by atoms with E-state index in [4.69, 9.17) is 9.73 Å². The standard InChI is InChI=1S/C21H28N4O2S/c1-3-22-21(24-13-16(2)17-9-12-28-15-17)23-10-6-11-25-18-7-4-5-8-19(18)27-14-20(25)26/h4-5,7-9,12,15-16H,3,6,10-11,13-14H2,1-2H3,(H2,22,23,24). The first kappa shape index (κ1) is 20.2. The van der Waals surface area contributed by atoms with Gasteiger partial charge in [0.05, 0.1) is 5.69 Å². The van der Waals surface area contributed by atoms with E-state index in [1.165, 1.54) is 5.56 Å². The molecule has 1 amide bonds. The summed E-state index contributed by atoms with van der Waals surface area (Å²) in [4.78, 5) is 18.7. The van der Waals surface area contributed by atoms with Crippen LogP contribution in [-0.2, 0) is 4.79 Å². The number of guanidine groups is 1. The Labute approximate surface area is 170 Å². The molecule has 2 heterocycles. The molecular weight excluding hydrogens is 372 g/mol. The molecule has 1 atom stereocenters. The number of fused-ring (bicyclic) bond motifs is 1. The van der Waals surface area contributed by atoms with Gasteiger partial charge < -0.3 is 20.3 Å². The van der Waals surface area contributed by atoms with Crippen LogP contribution in [0.25, 0.3) is 0 Å². The summed E-state index contributed by atoms with van der Waals surface area (Å²) in [6.45, 7) is 7.30. The number of hydrogen-bond donors (Lipinski definition) is 2. The lowest BCUT2D eigenvalue weighted by Gasteiger charge is -2.29. The Kier molecular flexibility index (Phi) is 7.31. The molecule has 0 saturated heterocycles. The van der Waals surface area contributed by atoms with Crippen LogP contribution in [0.1, 0.15) is 31.7 Å². The number of aliphatic imine (C=N–C) groups is 1. The van der Waals surface area contributed by atoms with Crippen molar-refractivity contribution in [1.82, 2.24) is 10.6 Å². The van der Waals surface area contributed by atoms with Gasteiger partial charge in [0.25, 0.3) is 5.91 Å². The predicted octanol–water partition coefficient (Wildman–Crippen LogP) is 3.22. The third-order valence-electron chi connectivity index (χ3n) is 4.64. The number of ether oxygens (including phenoxy) is 1. The molecule has 1 aromatic carbocycles. The summed E-state index contributed by atoms with van der Waals surface area (Å²) in [5.74, 6) is 1.98. The largest absolute Gasteiger partial charge is 0.482 e. The number of amides is 1. The van der Waals surface area contributed by atoms with Crippen molar-refractivity contribution in [3.63, 3.8) is 0 Å². The predicted molar refractivity (Wildman–Crippen MR) is 116 cm³/mol. The summed E-state index contributed by atoms with van der Waals surface area (Å²) in [7, 11) is 0. The van der Waals surface area contributed by atoms with Crippen molar-refractivity contribution in [3.8, 4) is 5.75 Å². The molecular formula is C21H28N4O2S. The number of carbonyl (C=O) groups is 1. The fraction of sp³-hybridized carbons (Fsp3) is 0.429. The summed E-state index contributed by atoms with van der Waals surface area (Å²) < 4.78 is 5.49. The van der Waals surface area contributed by atoms with Crippen molar-refractivity contribution < 1.29 is 9.53 Å². The van der Waals surface area contributed by atoms with Gasteiger partial charge in [-0.2, -0.15) is 11.3 Å². The topological polar surface area (TPSA) is 66.0 Å². The molecule has 1 unspecified atom stereocenters. The summed E-state index contributed by atoms with van der Waals surface area (Å²) in [5.41, 5.74) is 2.18. The van der Waals surface area contributed by atoms with Crippen LogP contribution in [0.3, 0.4) is 0 Å². The fourth-order valence-electron chi connectivity index (χ4n) is 3.07. The quantitative estimate of drug-likeness (QED) is 0.406. The molecule has 1 aliphatic heterocycles. The SMILES string of the molecule is CCNC(=NCC(C)c1ccsc1)NCCCN1C(=O)COc2ccccc21. The minimum atomic E-state index is 0.00358. The molecule has 0 saturated carbocycles. The van der Waals surface area contributed by atoms with E-state index in [1.54, 1.807) is 11.3 Å². The molecule has 0 fully saturated rings. The highest BCUT2D eigenvalue weighted by molar-refractivity contribution is 7.07. The second-order valence-corrected chi connectivity index (χ2v) is 7.54. The molecule has 28 heavy (non-hydrogen) atoms. The van der Waals surface area contributed by atoms with Crippen molar-refractivity contribution >= 4 is 28.9 Å². The Balaban J connectivity index is 1.49. The summed E-state index contributed by atoms with van der Waals surface area (Å²) in [5, 5.41) is 10.9. The Morgan fingerprint density at radius 1 is 1.32 bits per heavy atom. The van der Waals surface area contributed by atoms with E-state index < -0.39 is 0 Å². The first-order valence-corrected chi connectivity index (χ1v) is 10.7. The Hall–Kier alpha value is -2.54. The number of thiophene rings is 1. The third kappa shape index (κ3) is 5.25. The van der Waals surface area contributed by atoms with E-state index >= 15 is 0 Å². The first-order valence-electron chi connectivity index (χ1n) is 9.75. The molecule has 2 N–H and O–H groups in total. The van der Waals surface area contributed by atoms with Gasteiger partial charge >= 0.3 is 0 Å². The first-order chi connectivity index (χ1) is 13.7. The van der Waals surface area contributed by atoms with Crippen LogP contribution in [0.2, 0.25) is 0 Å². The van der Waals surface area contributed by atoms with Crippen LogP contribution >= 0.6 is 11.3 Å². The fourth-order valence-corrected chi connectivity index (χ4v) is 3.86. The van der Waals surface area contributed by atoms with Gasteiger partial charge in [-0.25, -0.2) is 0 Å². The van der Waals surface area contributed by atoms with Gasteiger partial charge in [0.2, 0.25) is 0 Å². The number of para-hydroxylation sites is 2. The van der Waals surface area contributed by atoms with Crippen molar-refractivity contribution in [2.24, 2.45) is 4.99 Å². The van der Waals surface area contributed by atoms with Crippen LogP contribution in [0.15, 0.2) is 46.1 Å². The van der Waals surface area contributed by atoms with Crippen LogP contribution in [-0.4, -0.2) is 44.7 Å². The van der Waals surface area contributed by atoms with Gasteiger partial charge in [0.1, 0.15) is 5.75 Å². The number of carbonyl (C=O) groups excluding carboxylic acids is 1. The number of benzene rings is 1. The lowest BCUT2D eigenvalue weighted by Crippen LogP contribution is -2.42. The monoisotopic (exact) mass is 400 g/mol. The zero-order chi connectivity index (χ0) is 19.8. The van der Waals surface area contributed by atoms with Gasteiger partial charge in [0.15, 0.2) is 12.6 Å². The maximum atomic E-state index is 12.2. The van der Waals surface area contributed by atoms with E-state index in [9.17, 15) is 4.79 Å². The van der Waals surface area contributed by atoms with Crippen molar-refractivity contribution in [1.29, 1.82) is 0 Å². The van der Waals surface area contributed by atoms with E-state index in [-0.39, 0.29) is 12.5 Å². The molecule has 7 heteroatoms. The van der Waals surface area contributed by atoms with Gasteiger partial charge in [-0.15, -0.1) is 0 Å². The molecule has 0 radical (unpaired) electrons. The van der Waals surface area contributed by atoms with Crippen LogP contribution < -0.4 is 20.3 Å². The molecule has 2 aromatic rings. The Morgan fingerprint density at radius 2 is 2.18 bits per heavy atom. The van der Waals surface area contributed by atoms with E-state index in [0.717, 1.165) is 43.5 Å². The normalized spacial score (nSPS) is 15.0. The minimum Gasteiger partial charge on any atom is -0.482 e. The summed E-state index contributed by atoms with van der Waals surface area (Å²) in [6, 6.07) is 9.83. The number of hydrogen-bond acceptors (Lipinski definition) is 4. The molecule has 1 aliphatic rings. The summed E-state index contributed by atoms with van der Waals surface area (Å²) >= 11 is 1.72. The Morgan fingerprint density at radius 3 is 2.96 bits per heavy atom. The minimum absolute atomic E-state index is 0.00358. The van der Waals surface area contributed by atoms with Crippen molar-refractivity contribution in [3.05, 3.63) is 46.7 Å². The second-order valence-electron chi connectivity index (χ2n) is 6.76. The molecule has 150 valence electrons. The molecule has 0 bridgehead atoms. The van der Waals surface area contributed by atoms with Crippen LogP contribution in [0, 0.1) is 0 Å². The third-order valence-corrected chi connectivity index (χ3v) is 5.34. The second kappa shape index (κ2) is 10.1. The van der Waals surface area contributed by atoms with Gasteiger partial charge in [-0.3, -0.25) is 9.79 Å². The highest BCUT2D eigenvalue weighted by Crippen LogP contribution is 2.31. The number of anilines is 1. The van der Waals surface area contributed by atoms with Gasteiger partial charge in [-0.05, 0) is 47.9 Å². The number of nitrogens with zero attached hydrogens (tertiary/aromatic N) is 2. The van der Waals surface area contributed by atoms with E-state index in [0.29, 0.717) is 12.5 Å². The molecule has 0 aliphatic carbocycles. The van der Waals surface area contributed by atoms with Gasteiger partial charge in [0, 0.05) is 32.1 Å². The maximum absolute atomic E-state index is 12.2. The summed E-state index contributed by atoms with van der Waals surface area (Å²) in [6.07, 6.45) is 0.824. The van der Waals surface area contributed by atoms with Crippen molar-refractivity contribution in [2.45, 2.75) is 26.2 Å². The van der Waals surface area contributed by atoms with E-state index in [1.807, 2.05) is 29.2 Å². The lowest BCUT2D eigenvalue weighted by atomic mass is 10.1. The number of rotatable bonds is 8. The number of nitrogens with one attached hydrogen (secondary N) is 2. The lowest BCUT2D eigenvalue weighted by molar-refractivity contribution is -0.121. The highest BCUT2D eigenvalue weighted by Gasteiger charge is 2.24. The molecule has 1 aromatic heterocycles. The molecule has 0 spiro atoms. The highest BCUT2D eigenvalue weighted by atomic mass is 32.1. The smallest absolute Gasteiger partial charge is 0.265 e. The van der Waals surface area contributed by atoms with Crippen LogP contribution in [0.4, 0.5) is 5.69 Å². The van der Waals surface area contributed by atoms with Crippen molar-refractivity contribution in [2.75, 3.05) is 37.7 Å². The molecule has 3 rings (SSSR count). The Bertz CT molecular complexity index is 791. The average Bonchev–Trinajstić information content (AvgIpc) is 3.25. The van der Waals surface area contributed by atoms with Crippen LogP contribution in [0.5, 0.6) is 5.75 Å². The molecule has 6 nitrogen and oxygen atoms in total. The maximum Gasteiger partial charge on any atom is 0.265 e. The average molecular weight is 401 g/mol. The van der Waals surface area contributed by atoms with E-state index in [2.05, 4.69) is 41.3 Å².